The van der Waals surface area contributed by atoms with Gasteiger partial charge in [0.15, 0.2) is 5.96 Å². The first-order chi connectivity index (χ1) is 11.2. The van der Waals surface area contributed by atoms with Crippen LogP contribution in [0.3, 0.4) is 0 Å². The third kappa shape index (κ3) is 3.22. The van der Waals surface area contributed by atoms with Gasteiger partial charge in [-0.25, -0.2) is 0 Å². The first-order valence-electron chi connectivity index (χ1n) is 9.45. The van der Waals surface area contributed by atoms with Crippen molar-refractivity contribution in [3.8, 4) is 0 Å². The van der Waals surface area contributed by atoms with Gasteiger partial charge in [-0.3, -0.25) is 4.99 Å². The molecule has 1 heterocycles. The Morgan fingerprint density at radius 3 is 2.39 bits per heavy atom. The van der Waals surface area contributed by atoms with Crippen molar-refractivity contribution in [1.82, 2.24) is 10.2 Å². The molecule has 0 aromatic rings. The number of ether oxygens (including phenoxy) is 2. The maximum Gasteiger partial charge on any atom is 0.193 e. The number of aliphatic imine (C=N–C) groups is 1. The summed E-state index contributed by atoms with van der Waals surface area (Å²) in [5.41, 5.74) is 0.385. The Bertz CT molecular complexity index is 414. The summed E-state index contributed by atoms with van der Waals surface area (Å²) >= 11 is 0. The van der Waals surface area contributed by atoms with Gasteiger partial charge in [-0.2, -0.15) is 0 Å². The van der Waals surface area contributed by atoms with Crippen LogP contribution < -0.4 is 5.32 Å². The van der Waals surface area contributed by atoms with Crippen LogP contribution in [0.5, 0.6) is 0 Å². The zero-order valence-electron chi connectivity index (χ0n) is 15.0. The minimum absolute atomic E-state index is 0.385. The Kier molecular flexibility index (Phi) is 5.47. The first-order valence-corrected chi connectivity index (χ1v) is 9.45. The van der Waals surface area contributed by atoms with E-state index in [9.17, 15) is 0 Å². The number of guanidine groups is 1. The monoisotopic (exact) mass is 323 g/mol. The topological polar surface area (TPSA) is 46.1 Å². The molecule has 0 bridgehead atoms. The van der Waals surface area contributed by atoms with Crippen LogP contribution in [-0.4, -0.2) is 62.5 Å². The molecule has 3 rings (SSSR count). The second-order valence-electron chi connectivity index (χ2n) is 7.15. The summed E-state index contributed by atoms with van der Waals surface area (Å²) in [5.74, 6) is 1.08. The molecule has 1 N–H and O–H groups in total. The van der Waals surface area contributed by atoms with Crippen LogP contribution in [0.2, 0.25) is 0 Å². The fourth-order valence-electron chi connectivity index (χ4n) is 4.56. The van der Waals surface area contributed by atoms with E-state index in [1.165, 1.54) is 19.3 Å². The molecule has 132 valence electrons. The molecule has 2 atom stereocenters. The van der Waals surface area contributed by atoms with Gasteiger partial charge in [0.1, 0.15) is 0 Å². The number of nitrogens with one attached hydrogen (secondary N) is 1. The van der Waals surface area contributed by atoms with E-state index in [4.69, 9.17) is 9.47 Å². The van der Waals surface area contributed by atoms with Crippen LogP contribution in [0.4, 0.5) is 0 Å². The Hall–Kier alpha value is -0.810. The third-order valence-corrected chi connectivity index (χ3v) is 6.10. The quantitative estimate of drug-likeness (QED) is 0.623. The highest BCUT2D eigenvalue weighted by molar-refractivity contribution is 5.80. The van der Waals surface area contributed by atoms with Gasteiger partial charge in [-0.15, -0.1) is 0 Å². The fraction of sp³-hybridized carbons (Fsp3) is 0.944. The van der Waals surface area contributed by atoms with E-state index in [0.717, 1.165) is 51.5 Å². The summed E-state index contributed by atoms with van der Waals surface area (Å²) in [5, 5.41) is 3.76. The molecule has 3 aliphatic rings. The van der Waals surface area contributed by atoms with Gasteiger partial charge in [0, 0.05) is 44.8 Å². The van der Waals surface area contributed by atoms with Crippen LogP contribution in [0.25, 0.3) is 0 Å². The molecule has 5 heteroatoms. The molecule has 0 radical (unpaired) electrons. The first kappa shape index (κ1) is 17.0. The van der Waals surface area contributed by atoms with Crippen molar-refractivity contribution >= 4 is 5.96 Å². The lowest BCUT2D eigenvalue weighted by atomic mass is 9.51. The van der Waals surface area contributed by atoms with Crippen molar-refractivity contribution in [2.24, 2.45) is 10.4 Å². The van der Waals surface area contributed by atoms with Gasteiger partial charge in [0.05, 0.1) is 12.2 Å². The Morgan fingerprint density at radius 2 is 1.87 bits per heavy atom. The largest absolute Gasteiger partial charge is 0.378 e. The van der Waals surface area contributed by atoms with Crippen LogP contribution in [-0.2, 0) is 9.47 Å². The molecule has 3 fully saturated rings. The lowest BCUT2D eigenvalue weighted by Gasteiger charge is -2.61. The summed E-state index contributed by atoms with van der Waals surface area (Å²) in [6, 6.07) is 0.538. The number of hydrogen-bond donors (Lipinski definition) is 1. The van der Waals surface area contributed by atoms with E-state index in [0.29, 0.717) is 23.7 Å². The van der Waals surface area contributed by atoms with Crippen molar-refractivity contribution in [3.63, 3.8) is 0 Å². The van der Waals surface area contributed by atoms with Gasteiger partial charge in [0.25, 0.3) is 0 Å². The summed E-state index contributed by atoms with van der Waals surface area (Å²) in [6.07, 6.45) is 8.18. The van der Waals surface area contributed by atoms with Crippen molar-refractivity contribution < 1.29 is 9.47 Å². The van der Waals surface area contributed by atoms with Crippen LogP contribution in [0.15, 0.2) is 4.99 Å². The molecule has 0 aromatic carbocycles. The summed E-state index contributed by atoms with van der Waals surface area (Å²) < 4.78 is 11.7. The van der Waals surface area contributed by atoms with Gasteiger partial charge >= 0.3 is 0 Å². The lowest BCUT2D eigenvalue weighted by molar-refractivity contribution is -0.169. The van der Waals surface area contributed by atoms with Crippen molar-refractivity contribution in [1.29, 1.82) is 0 Å². The summed E-state index contributed by atoms with van der Waals surface area (Å²) in [4.78, 5) is 6.95. The second-order valence-corrected chi connectivity index (χ2v) is 7.15. The van der Waals surface area contributed by atoms with Gasteiger partial charge in [-0.1, -0.05) is 6.42 Å². The highest BCUT2D eigenvalue weighted by Crippen LogP contribution is 2.57. The normalized spacial score (nSPS) is 30.9. The second kappa shape index (κ2) is 7.39. The predicted molar refractivity (Wildman–Crippen MR) is 92.8 cm³/mol. The van der Waals surface area contributed by atoms with E-state index in [-0.39, 0.29) is 0 Å². The average molecular weight is 323 g/mol. The highest BCUT2D eigenvalue weighted by Gasteiger charge is 2.59. The molecule has 5 nitrogen and oxygen atoms in total. The summed E-state index contributed by atoms with van der Waals surface area (Å²) in [7, 11) is 1.91. The maximum atomic E-state index is 5.96. The summed E-state index contributed by atoms with van der Waals surface area (Å²) in [6.45, 7) is 7.92. The molecule has 1 saturated heterocycles. The molecule has 0 aromatic heterocycles. The molecule has 23 heavy (non-hydrogen) atoms. The molecule has 2 unspecified atom stereocenters. The van der Waals surface area contributed by atoms with Crippen LogP contribution in [0.1, 0.15) is 52.4 Å². The van der Waals surface area contributed by atoms with Crippen LogP contribution >= 0.6 is 0 Å². The van der Waals surface area contributed by atoms with E-state index in [1.54, 1.807) is 0 Å². The molecule has 1 spiro atoms. The van der Waals surface area contributed by atoms with Crippen LogP contribution in [0, 0.1) is 5.41 Å². The number of hydrogen-bond acceptors (Lipinski definition) is 3. The predicted octanol–water partition coefficient (Wildman–Crippen LogP) is 2.41. The standard InChI is InChI=1S/C18H33N3O2/c1-4-22-14-7-11-21(12-8-14)17(19-3)20-15-13-16(23-5-2)18(15)9-6-10-18/h14-16H,4-13H2,1-3H3,(H,19,20). The average Bonchev–Trinajstić information content (AvgIpc) is 2.50. The number of rotatable bonds is 5. The lowest BCUT2D eigenvalue weighted by Crippen LogP contribution is -2.69. The van der Waals surface area contributed by atoms with Crippen molar-refractivity contribution in [2.45, 2.75) is 70.6 Å². The smallest absolute Gasteiger partial charge is 0.193 e. The number of nitrogens with zero attached hydrogens (tertiary/aromatic N) is 2. The van der Waals surface area contributed by atoms with E-state index >= 15 is 0 Å². The third-order valence-electron chi connectivity index (χ3n) is 6.10. The SMILES string of the molecule is CCOC1CCN(C(=NC)NC2CC(OCC)C23CCC3)CC1. The minimum atomic E-state index is 0.385. The zero-order valence-corrected chi connectivity index (χ0v) is 15.0. The Balaban J connectivity index is 1.53. The van der Waals surface area contributed by atoms with E-state index in [2.05, 4.69) is 29.1 Å². The Labute approximate surface area is 140 Å². The van der Waals surface area contributed by atoms with Crippen molar-refractivity contribution in [3.05, 3.63) is 0 Å². The molecule has 0 amide bonds. The highest BCUT2D eigenvalue weighted by atomic mass is 16.5. The fourth-order valence-corrected chi connectivity index (χ4v) is 4.56. The number of piperidine rings is 1. The minimum Gasteiger partial charge on any atom is -0.378 e. The molecule has 2 saturated carbocycles. The van der Waals surface area contributed by atoms with Gasteiger partial charge < -0.3 is 19.7 Å². The Morgan fingerprint density at radius 1 is 1.17 bits per heavy atom. The van der Waals surface area contributed by atoms with Gasteiger partial charge in [0.2, 0.25) is 0 Å². The number of likely N-dealkylation sites (tertiary alicyclic amines) is 1. The van der Waals surface area contributed by atoms with Crippen molar-refractivity contribution in [2.75, 3.05) is 33.4 Å². The van der Waals surface area contributed by atoms with Gasteiger partial charge in [-0.05, 0) is 46.0 Å². The van der Waals surface area contributed by atoms with E-state index < -0.39 is 0 Å². The molecular formula is C18H33N3O2. The molecular weight excluding hydrogens is 290 g/mol. The van der Waals surface area contributed by atoms with E-state index in [1.807, 2.05) is 7.05 Å². The molecule has 1 aliphatic heterocycles. The maximum absolute atomic E-state index is 5.96. The molecule has 2 aliphatic carbocycles. The zero-order chi connectivity index (χ0) is 16.3.